The quantitative estimate of drug-likeness (QED) is 0.122. The van der Waals surface area contributed by atoms with Crippen LogP contribution in [0.4, 0.5) is 0 Å². The number of ether oxygens (including phenoxy) is 4. The maximum Gasteiger partial charge on any atom is 0.313 e. The molecule has 3 amide bonds. The molecule has 292 valence electrons. The first-order valence-electron chi connectivity index (χ1n) is 18.6. The largest absolute Gasteiger partial charge is 0.455 e. The fourth-order valence-corrected chi connectivity index (χ4v) is 9.37. The van der Waals surface area contributed by atoms with E-state index in [1.165, 1.54) is 12.0 Å². The van der Waals surface area contributed by atoms with E-state index in [2.05, 4.69) is 39.3 Å². The van der Waals surface area contributed by atoms with Crippen LogP contribution < -0.4 is 5.32 Å². The van der Waals surface area contributed by atoms with E-state index in [4.69, 9.17) is 18.9 Å². The Bertz CT molecular complexity index is 1460. The molecule has 53 heavy (non-hydrogen) atoms. The highest BCUT2D eigenvalue weighted by Gasteiger charge is 2.77. The highest BCUT2D eigenvalue weighted by atomic mass is 79.9. The lowest BCUT2D eigenvalue weighted by Crippen LogP contribution is -2.60. The Kier molecular flexibility index (Phi) is 14.3. The van der Waals surface area contributed by atoms with Gasteiger partial charge in [-0.1, -0.05) is 72.3 Å². The standard InChI is InChI=1S/C39H55BrN4O9/c1-6-8-14-30(46)41-28(24-50-5)33(26-12-10-9-11-13-26)52-38(49)31-32-36(47)44(29(23-45)25(3)4)35(39(32)22-27(40)34(31)53-39)37(48)43(15-7-2)17-16-42-18-20-51-21-19-42/h6-7,9-13,25,27-29,31-35,45H,1-2,8,14-24H2,3-5H3,(H,41,46)/t27?,28-,29-,31-,32+,33-,34-,35-,39+/m0/s1. The maximum absolute atomic E-state index is 14.9. The molecule has 4 aliphatic heterocycles. The van der Waals surface area contributed by atoms with E-state index in [1.807, 2.05) is 32.0 Å². The van der Waals surface area contributed by atoms with Gasteiger partial charge in [-0.3, -0.25) is 24.1 Å². The minimum atomic E-state index is -1.36. The number of hydrogen-bond donors (Lipinski definition) is 2. The normalized spacial score (nSPS) is 28.3. The molecule has 5 rings (SSSR count). The molecule has 0 radical (unpaired) electrons. The molecule has 4 heterocycles. The minimum absolute atomic E-state index is 0.0468. The van der Waals surface area contributed by atoms with Crippen molar-refractivity contribution >= 4 is 39.6 Å². The van der Waals surface area contributed by atoms with Crippen LogP contribution in [0.25, 0.3) is 0 Å². The number of fused-ring (bicyclic) bond motifs is 1. The monoisotopic (exact) mass is 802 g/mol. The van der Waals surface area contributed by atoms with Crippen molar-refractivity contribution in [2.24, 2.45) is 17.8 Å². The second-order valence-electron chi connectivity index (χ2n) is 14.7. The number of amides is 3. The molecule has 2 N–H and O–H groups in total. The van der Waals surface area contributed by atoms with E-state index < -0.39 is 59.6 Å². The fourth-order valence-electron chi connectivity index (χ4n) is 8.43. The van der Waals surface area contributed by atoms with E-state index in [-0.39, 0.29) is 48.7 Å². The van der Waals surface area contributed by atoms with Crippen LogP contribution in [0.1, 0.15) is 44.8 Å². The number of nitrogens with one attached hydrogen (secondary N) is 1. The molecule has 14 heteroatoms. The van der Waals surface area contributed by atoms with Crippen LogP contribution in [0.5, 0.6) is 0 Å². The van der Waals surface area contributed by atoms with Crippen LogP contribution in [-0.4, -0.2) is 144 Å². The molecule has 1 aromatic rings. The molecule has 1 spiro atoms. The second-order valence-corrected chi connectivity index (χ2v) is 15.8. The summed E-state index contributed by atoms with van der Waals surface area (Å²) in [6, 6.07) is 6.52. The third-order valence-corrected chi connectivity index (χ3v) is 11.8. The van der Waals surface area contributed by atoms with Gasteiger partial charge in [0.1, 0.15) is 17.7 Å². The van der Waals surface area contributed by atoms with Gasteiger partial charge >= 0.3 is 5.97 Å². The number of morpholine rings is 1. The predicted octanol–water partition coefficient (Wildman–Crippen LogP) is 2.48. The number of halogens is 1. The van der Waals surface area contributed by atoms with Crippen molar-refractivity contribution in [2.75, 3.05) is 66.3 Å². The Hall–Kier alpha value is -3.14. The molecule has 0 saturated carbocycles. The predicted molar refractivity (Wildman–Crippen MR) is 201 cm³/mol. The van der Waals surface area contributed by atoms with Crippen molar-refractivity contribution in [2.45, 2.75) is 73.9 Å². The van der Waals surface area contributed by atoms with E-state index in [0.29, 0.717) is 44.7 Å². The van der Waals surface area contributed by atoms with Gasteiger partial charge in [-0.05, 0) is 24.3 Å². The molecule has 13 nitrogen and oxygen atoms in total. The third-order valence-electron chi connectivity index (χ3n) is 11.0. The topological polar surface area (TPSA) is 147 Å². The number of allylic oxidation sites excluding steroid dienone is 1. The van der Waals surface area contributed by atoms with Crippen LogP contribution >= 0.6 is 15.9 Å². The lowest BCUT2D eigenvalue weighted by molar-refractivity contribution is -0.163. The van der Waals surface area contributed by atoms with E-state index >= 15 is 0 Å². The minimum Gasteiger partial charge on any atom is -0.455 e. The molecule has 0 aliphatic carbocycles. The number of alkyl halides is 1. The first-order valence-corrected chi connectivity index (χ1v) is 19.5. The molecular formula is C39H55BrN4O9. The van der Waals surface area contributed by atoms with Crippen molar-refractivity contribution in [1.29, 1.82) is 0 Å². The molecule has 2 bridgehead atoms. The summed E-state index contributed by atoms with van der Waals surface area (Å²) in [7, 11) is 1.50. The van der Waals surface area contributed by atoms with Crippen LogP contribution in [0.3, 0.4) is 0 Å². The van der Waals surface area contributed by atoms with Gasteiger partial charge in [0, 0.05) is 51.1 Å². The number of esters is 1. The smallest absolute Gasteiger partial charge is 0.313 e. The summed E-state index contributed by atoms with van der Waals surface area (Å²) in [6.45, 7) is 15.1. The Morgan fingerprint density at radius 2 is 1.89 bits per heavy atom. The molecule has 1 aromatic carbocycles. The summed E-state index contributed by atoms with van der Waals surface area (Å²) < 4.78 is 24.1. The number of aliphatic hydroxyl groups excluding tert-OH is 1. The maximum atomic E-state index is 14.9. The molecule has 4 saturated heterocycles. The zero-order chi connectivity index (χ0) is 38.3. The Balaban J connectivity index is 1.50. The van der Waals surface area contributed by atoms with Gasteiger partial charge in [0.15, 0.2) is 0 Å². The van der Waals surface area contributed by atoms with Crippen LogP contribution in [0.15, 0.2) is 55.6 Å². The number of carbonyl (C=O) groups is 4. The first kappa shape index (κ1) is 41.0. The lowest BCUT2D eigenvalue weighted by Gasteiger charge is -2.41. The Labute approximate surface area is 321 Å². The summed E-state index contributed by atoms with van der Waals surface area (Å²) in [6.07, 6.45) is 2.57. The van der Waals surface area contributed by atoms with Crippen LogP contribution in [-0.2, 0) is 38.1 Å². The van der Waals surface area contributed by atoms with Gasteiger partial charge in [0.05, 0.1) is 56.5 Å². The highest BCUT2D eigenvalue weighted by molar-refractivity contribution is 9.09. The molecular weight excluding hydrogens is 748 g/mol. The van der Waals surface area contributed by atoms with Gasteiger partial charge in [0.25, 0.3) is 0 Å². The molecule has 9 atom stereocenters. The third kappa shape index (κ3) is 8.57. The summed E-state index contributed by atoms with van der Waals surface area (Å²) >= 11 is 3.75. The summed E-state index contributed by atoms with van der Waals surface area (Å²) in [5, 5.41) is 13.6. The van der Waals surface area contributed by atoms with Crippen molar-refractivity contribution < 1.29 is 43.2 Å². The number of methoxy groups -OCH3 is 1. The SMILES string of the molecule is C=CCCC(=O)N[C@@H](COC)[C@@H](OC(=O)[C@@H]1[C@H]2O[C@@]3(CC2Br)[C@H](C(=O)N(CC=C)CCN2CCOCC2)N([C@@H](CO)C(C)C)C(=O)[C@@H]13)c1ccccc1. The average Bonchev–Trinajstić information content (AvgIpc) is 3.75. The number of rotatable bonds is 19. The molecule has 4 fully saturated rings. The number of likely N-dealkylation sites (tertiary alicyclic amines) is 1. The van der Waals surface area contributed by atoms with Crippen molar-refractivity contribution in [3.63, 3.8) is 0 Å². The second kappa shape index (κ2) is 18.5. The zero-order valence-corrected chi connectivity index (χ0v) is 32.7. The summed E-state index contributed by atoms with van der Waals surface area (Å²) in [5.74, 6) is -3.99. The van der Waals surface area contributed by atoms with Crippen molar-refractivity contribution in [3.05, 3.63) is 61.2 Å². The highest BCUT2D eigenvalue weighted by Crippen LogP contribution is 2.61. The van der Waals surface area contributed by atoms with E-state index in [9.17, 15) is 24.3 Å². The van der Waals surface area contributed by atoms with Crippen molar-refractivity contribution in [3.8, 4) is 0 Å². The zero-order valence-electron chi connectivity index (χ0n) is 31.1. The fraction of sp³-hybridized carbons (Fsp3) is 0.641. The molecule has 1 unspecified atom stereocenters. The van der Waals surface area contributed by atoms with Gasteiger partial charge in [-0.25, -0.2) is 0 Å². The average molecular weight is 804 g/mol. The van der Waals surface area contributed by atoms with E-state index in [1.54, 1.807) is 29.2 Å². The number of nitrogens with zero attached hydrogens (tertiary/aromatic N) is 3. The lowest BCUT2D eigenvalue weighted by atomic mass is 9.70. The number of aliphatic hydroxyl groups is 1. The molecule has 0 aromatic heterocycles. The number of carbonyl (C=O) groups excluding carboxylic acids is 4. The molecule has 4 aliphatic rings. The Morgan fingerprint density at radius 1 is 1.17 bits per heavy atom. The van der Waals surface area contributed by atoms with E-state index in [0.717, 1.165) is 13.1 Å². The Morgan fingerprint density at radius 3 is 2.51 bits per heavy atom. The van der Waals surface area contributed by atoms with Gasteiger partial charge in [0.2, 0.25) is 17.7 Å². The van der Waals surface area contributed by atoms with Gasteiger partial charge < -0.3 is 39.2 Å². The van der Waals surface area contributed by atoms with Crippen LogP contribution in [0, 0.1) is 17.8 Å². The van der Waals surface area contributed by atoms with Gasteiger partial charge in [-0.2, -0.15) is 0 Å². The number of hydrogen-bond acceptors (Lipinski definition) is 10. The first-order chi connectivity index (χ1) is 25.5. The van der Waals surface area contributed by atoms with Crippen LogP contribution in [0.2, 0.25) is 0 Å². The summed E-state index contributed by atoms with van der Waals surface area (Å²) in [4.78, 5) is 62.4. The van der Waals surface area contributed by atoms with Gasteiger partial charge in [-0.15, -0.1) is 13.2 Å². The van der Waals surface area contributed by atoms with Crippen molar-refractivity contribution in [1.82, 2.24) is 20.0 Å². The number of benzene rings is 1. The summed E-state index contributed by atoms with van der Waals surface area (Å²) in [5.41, 5.74) is -0.723.